The lowest BCUT2D eigenvalue weighted by atomic mass is 9.95. The number of piperidine rings is 1. The summed E-state index contributed by atoms with van der Waals surface area (Å²) < 4.78 is 0. The number of nitrogens with one attached hydrogen (secondary N) is 1. The molecule has 2 fully saturated rings. The number of aromatic nitrogens is 2. The molecule has 1 aromatic heterocycles. The maximum Gasteiger partial charge on any atom is 0.265 e. The van der Waals surface area contributed by atoms with Gasteiger partial charge in [-0.3, -0.25) is 29.0 Å². The highest BCUT2D eigenvalue weighted by Crippen LogP contribution is 2.38. The second-order valence-corrected chi connectivity index (χ2v) is 17.1. The highest BCUT2D eigenvalue weighted by atomic mass is 35.5. The second kappa shape index (κ2) is 17.3. The SMILES string of the molecule is CC(=O)C(CCC(N)=O)N1Cc2cc(N3CCN(CC4CCN(c5ccc(Nc6ncc7c(n6)N(C)CN(c6c(Cl)cccc6Cl)C7=O)cc5C)CC4)CC3)ccc2C1=O. The Morgan fingerprint density at radius 3 is 2.33 bits per heavy atom. The van der Waals surface area contributed by atoms with Gasteiger partial charge in [-0.25, -0.2) is 4.98 Å². The van der Waals surface area contributed by atoms with E-state index in [9.17, 15) is 19.2 Å². The van der Waals surface area contributed by atoms with Crippen molar-refractivity contribution in [2.45, 2.75) is 52.1 Å². The van der Waals surface area contributed by atoms with Crippen molar-refractivity contribution in [2.24, 2.45) is 11.7 Å². The quantitative estimate of drug-likeness (QED) is 0.170. The normalized spacial score (nSPS) is 17.9. The Morgan fingerprint density at radius 2 is 1.65 bits per heavy atom. The van der Waals surface area contributed by atoms with E-state index in [0.29, 0.717) is 51.1 Å². The molecule has 4 aliphatic heterocycles. The van der Waals surface area contributed by atoms with Crippen LogP contribution in [0.1, 0.15) is 64.4 Å². The molecule has 314 valence electrons. The Morgan fingerprint density at radius 1 is 0.917 bits per heavy atom. The van der Waals surface area contributed by atoms with Gasteiger partial charge >= 0.3 is 0 Å². The van der Waals surface area contributed by atoms with E-state index in [2.05, 4.69) is 56.2 Å². The fourth-order valence-corrected chi connectivity index (χ4v) is 9.65. The number of carbonyl (C=O) groups excluding carboxylic acids is 4. The van der Waals surface area contributed by atoms with Gasteiger partial charge < -0.3 is 30.7 Å². The number of fused-ring (bicyclic) bond motifs is 2. The van der Waals surface area contributed by atoms with Crippen molar-refractivity contribution in [1.29, 1.82) is 0 Å². The first kappa shape index (κ1) is 41.3. The standard InChI is InChI=1S/C44H50Cl2N10O4/c1-27-21-31(49-44-48-23-34-41(50-44)51(3)26-56(43(34)60)40-35(45)5-4-6-36(40)46)7-10-37(27)54-15-13-29(14-16-54)24-52-17-19-53(20-18-52)32-8-9-33-30(22-32)25-55(42(33)59)38(28(2)57)11-12-39(47)58/h4-10,21-23,29,38H,11-20,24-26H2,1-3H3,(H2,47,58)(H,48,49,50). The molecule has 3 aromatic carbocycles. The minimum absolute atomic E-state index is 0.0640. The summed E-state index contributed by atoms with van der Waals surface area (Å²) in [5, 5.41) is 4.13. The Bertz CT molecular complexity index is 2310. The molecule has 2 saturated heterocycles. The Labute approximate surface area is 360 Å². The summed E-state index contributed by atoms with van der Waals surface area (Å²) in [4.78, 5) is 72.1. The largest absolute Gasteiger partial charge is 0.371 e. The van der Waals surface area contributed by atoms with Crippen LogP contribution in [0.25, 0.3) is 0 Å². The zero-order valence-electron chi connectivity index (χ0n) is 34.2. The molecule has 1 unspecified atom stereocenters. The number of anilines is 6. The number of rotatable bonds is 12. The zero-order valence-corrected chi connectivity index (χ0v) is 35.7. The average Bonchev–Trinajstić information content (AvgIpc) is 3.54. The summed E-state index contributed by atoms with van der Waals surface area (Å²) in [5.41, 5.74) is 12.1. The summed E-state index contributed by atoms with van der Waals surface area (Å²) in [6.45, 7) is 11.1. The molecule has 8 rings (SSSR count). The number of hydrogen-bond donors (Lipinski definition) is 2. The van der Waals surface area contributed by atoms with Gasteiger partial charge in [0.05, 0.1) is 28.4 Å². The highest BCUT2D eigenvalue weighted by molar-refractivity contribution is 6.40. The highest BCUT2D eigenvalue weighted by Gasteiger charge is 2.36. The monoisotopic (exact) mass is 852 g/mol. The van der Waals surface area contributed by atoms with E-state index in [1.807, 2.05) is 24.1 Å². The van der Waals surface area contributed by atoms with Crippen molar-refractivity contribution >= 4 is 81.2 Å². The van der Waals surface area contributed by atoms with Crippen molar-refractivity contribution in [3.05, 3.63) is 93.1 Å². The predicted octanol–water partition coefficient (Wildman–Crippen LogP) is 6.11. The number of primary amides is 1. The van der Waals surface area contributed by atoms with Crippen molar-refractivity contribution in [3.63, 3.8) is 0 Å². The lowest BCUT2D eigenvalue weighted by Gasteiger charge is -2.40. The molecule has 0 aliphatic carbocycles. The fourth-order valence-electron chi connectivity index (χ4n) is 9.05. The first-order valence-corrected chi connectivity index (χ1v) is 21.3. The van der Waals surface area contributed by atoms with Gasteiger partial charge in [-0.05, 0) is 98.7 Å². The maximum atomic E-state index is 13.5. The fraction of sp³-hybridized carbons (Fsp3) is 0.409. The van der Waals surface area contributed by atoms with Gasteiger partial charge in [0.25, 0.3) is 11.8 Å². The van der Waals surface area contributed by atoms with Crippen LogP contribution in [0.3, 0.4) is 0 Å². The number of halogens is 2. The molecule has 0 spiro atoms. The lowest BCUT2D eigenvalue weighted by molar-refractivity contribution is -0.122. The summed E-state index contributed by atoms with van der Waals surface area (Å²) in [6.07, 6.45) is 4.11. The number of ketones is 1. The van der Waals surface area contributed by atoms with Crippen LogP contribution >= 0.6 is 23.2 Å². The van der Waals surface area contributed by atoms with Gasteiger partial charge in [0.2, 0.25) is 11.9 Å². The van der Waals surface area contributed by atoms with E-state index < -0.39 is 11.9 Å². The maximum absolute atomic E-state index is 13.5. The Hall–Kier alpha value is -5.44. The first-order chi connectivity index (χ1) is 28.8. The molecule has 60 heavy (non-hydrogen) atoms. The molecule has 1 atom stereocenters. The third-order valence-corrected chi connectivity index (χ3v) is 12.9. The number of aryl methyl sites for hydroxylation is 1. The molecular weight excluding hydrogens is 803 g/mol. The number of benzene rings is 3. The molecule has 0 saturated carbocycles. The van der Waals surface area contributed by atoms with Crippen LogP contribution < -0.4 is 30.7 Å². The van der Waals surface area contributed by atoms with Crippen LogP contribution in [0.15, 0.2) is 60.8 Å². The van der Waals surface area contributed by atoms with E-state index in [1.165, 1.54) is 12.6 Å². The predicted molar refractivity (Wildman–Crippen MR) is 236 cm³/mol. The number of para-hydroxylation sites is 1. The number of Topliss-reactive ketones (excluding diaryl/α,β-unsaturated/α-hetero) is 1. The number of nitrogens with zero attached hydrogens (tertiary/aromatic N) is 8. The van der Waals surface area contributed by atoms with Crippen molar-refractivity contribution < 1.29 is 19.2 Å². The number of amides is 3. The molecule has 0 radical (unpaired) electrons. The van der Waals surface area contributed by atoms with Gasteiger partial charge in [0.1, 0.15) is 11.4 Å². The van der Waals surface area contributed by atoms with E-state index in [0.717, 1.165) is 81.2 Å². The number of nitrogens with two attached hydrogens (primary N) is 1. The van der Waals surface area contributed by atoms with Gasteiger partial charge in [-0.2, -0.15) is 4.98 Å². The molecule has 5 heterocycles. The van der Waals surface area contributed by atoms with Crippen LogP contribution in [0.2, 0.25) is 10.0 Å². The van der Waals surface area contributed by atoms with Gasteiger partial charge in [-0.15, -0.1) is 0 Å². The molecule has 4 aromatic rings. The van der Waals surface area contributed by atoms with Gasteiger partial charge in [0, 0.05) is 94.6 Å². The number of carbonyl (C=O) groups is 4. The number of piperazine rings is 1. The molecule has 14 nitrogen and oxygen atoms in total. The molecule has 4 aliphatic rings. The molecule has 3 N–H and O–H groups in total. The first-order valence-electron chi connectivity index (χ1n) is 20.5. The third-order valence-electron chi connectivity index (χ3n) is 12.3. The van der Waals surface area contributed by atoms with Gasteiger partial charge in [-0.1, -0.05) is 29.3 Å². The molecule has 16 heteroatoms. The number of hydrogen-bond acceptors (Lipinski definition) is 11. The summed E-state index contributed by atoms with van der Waals surface area (Å²) in [7, 11) is 1.87. The molecule has 0 bridgehead atoms. The van der Waals surface area contributed by atoms with E-state index in [4.69, 9.17) is 33.9 Å². The Balaban J connectivity index is 0.814. The molecular formula is C44H50Cl2N10O4. The van der Waals surface area contributed by atoms with Crippen LogP contribution in [0.5, 0.6) is 0 Å². The second-order valence-electron chi connectivity index (χ2n) is 16.3. The van der Waals surface area contributed by atoms with Crippen LogP contribution in [0.4, 0.5) is 34.5 Å². The zero-order chi connectivity index (χ0) is 42.2. The van der Waals surface area contributed by atoms with E-state index in [-0.39, 0.29) is 37.1 Å². The third kappa shape index (κ3) is 8.45. The minimum Gasteiger partial charge on any atom is -0.371 e. The van der Waals surface area contributed by atoms with Crippen molar-refractivity contribution in [2.75, 3.05) is 84.4 Å². The summed E-state index contributed by atoms with van der Waals surface area (Å²) in [5.74, 6) is 0.522. The minimum atomic E-state index is -0.652. The lowest BCUT2D eigenvalue weighted by Crippen LogP contribution is -2.49. The topological polar surface area (TPSA) is 152 Å². The van der Waals surface area contributed by atoms with Crippen molar-refractivity contribution in [3.8, 4) is 0 Å². The smallest absolute Gasteiger partial charge is 0.265 e. The molecule has 3 amide bonds. The van der Waals surface area contributed by atoms with E-state index >= 15 is 0 Å². The van der Waals surface area contributed by atoms with Crippen LogP contribution in [-0.2, 0) is 16.1 Å². The summed E-state index contributed by atoms with van der Waals surface area (Å²) in [6, 6.07) is 16.8. The van der Waals surface area contributed by atoms with Gasteiger partial charge in [0.15, 0.2) is 5.78 Å². The summed E-state index contributed by atoms with van der Waals surface area (Å²) >= 11 is 12.9. The van der Waals surface area contributed by atoms with Crippen molar-refractivity contribution in [1.82, 2.24) is 19.8 Å². The Kier molecular flexibility index (Phi) is 11.9. The van der Waals surface area contributed by atoms with Crippen LogP contribution in [0, 0.1) is 12.8 Å². The average molecular weight is 854 g/mol. The van der Waals surface area contributed by atoms with Crippen LogP contribution in [-0.4, -0.2) is 109 Å². The van der Waals surface area contributed by atoms with E-state index in [1.54, 1.807) is 34.2 Å².